The number of nitrogens with zero attached hydrogens (tertiary/aromatic N) is 2. The predicted molar refractivity (Wildman–Crippen MR) is 114 cm³/mol. The second kappa shape index (κ2) is 9.28. The van der Waals surface area contributed by atoms with Gasteiger partial charge < -0.3 is 15.0 Å². The van der Waals surface area contributed by atoms with E-state index >= 15 is 0 Å². The summed E-state index contributed by atoms with van der Waals surface area (Å²) >= 11 is 0. The molecule has 1 amide bonds. The van der Waals surface area contributed by atoms with Crippen molar-refractivity contribution in [2.24, 2.45) is 0 Å². The standard InChI is InChI=1S/C21H27N3O4S/c1-23(2)20-12-11-18(29(26,27)24-13-7-4-8-14-24)15-19(20)22-21(25)16-28-17-9-5-3-6-10-17/h3,5-6,9-12,15H,4,7-8,13-14,16H2,1-2H3,(H,22,25). The zero-order valence-electron chi connectivity index (χ0n) is 16.8. The molecule has 0 spiro atoms. The molecule has 156 valence electrons. The van der Waals surface area contributed by atoms with Crippen molar-refractivity contribution in [3.63, 3.8) is 0 Å². The Labute approximate surface area is 172 Å². The second-order valence-corrected chi connectivity index (χ2v) is 9.13. The minimum Gasteiger partial charge on any atom is -0.484 e. The fourth-order valence-electron chi connectivity index (χ4n) is 3.27. The molecule has 0 unspecified atom stereocenters. The van der Waals surface area contributed by atoms with Gasteiger partial charge in [0.1, 0.15) is 5.75 Å². The number of ether oxygens (including phenoxy) is 1. The van der Waals surface area contributed by atoms with Crippen LogP contribution < -0.4 is 15.0 Å². The monoisotopic (exact) mass is 417 g/mol. The van der Waals surface area contributed by atoms with Gasteiger partial charge in [-0.3, -0.25) is 4.79 Å². The van der Waals surface area contributed by atoms with Crippen molar-refractivity contribution in [2.75, 3.05) is 44.0 Å². The summed E-state index contributed by atoms with van der Waals surface area (Å²) in [6.07, 6.45) is 2.79. The number of carbonyl (C=O) groups excluding carboxylic acids is 1. The number of hydrogen-bond donors (Lipinski definition) is 1. The van der Waals surface area contributed by atoms with Crippen LogP contribution in [0, 0.1) is 0 Å². The summed E-state index contributed by atoms with van der Waals surface area (Å²) < 4.78 is 33.0. The molecule has 0 radical (unpaired) electrons. The first-order valence-electron chi connectivity index (χ1n) is 9.67. The Morgan fingerprint density at radius 2 is 1.76 bits per heavy atom. The van der Waals surface area contributed by atoms with Crippen molar-refractivity contribution < 1.29 is 17.9 Å². The van der Waals surface area contributed by atoms with Crippen LogP contribution in [0.1, 0.15) is 19.3 Å². The average Bonchev–Trinajstić information content (AvgIpc) is 2.73. The van der Waals surface area contributed by atoms with Crippen molar-refractivity contribution in [3.05, 3.63) is 48.5 Å². The van der Waals surface area contributed by atoms with E-state index in [0.29, 0.717) is 24.5 Å². The Morgan fingerprint density at radius 3 is 2.41 bits per heavy atom. The van der Waals surface area contributed by atoms with E-state index in [2.05, 4.69) is 5.32 Å². The van der Waals surface area contributed by atoms with E-state index < -0.39 is 10.0 Å². The fraction of sp³-hybridized carbons (Fsp3) is 0.381. The maximum atomic E-state index is 13.0. The molecule has 0 atom stereocenters. The lowest BCUT2D eigenvalue weighted by atomic mass is 10.2. The van der Waals surface area contributed by atoms with Crippen LogP contribution in [-0.2, 0) is 14.8 Å². The Balaban J connectivity index is 1.78. The van der Waals surface area contributed by atoms with E-state index in [1.165, 1.54) is 10.4 Å². The summed E-state index contributed by atoms with van der Waals surface area (Å²) in [6, 6.07) is 13.9. The molecule has 0 bridgehead atoms. The van der Waals surface area contributed by atoms with E-state index in [4.69, 9.17) is 4.74 Å². The van der Waals surface area contributed by atoms with Gasteiger partial charge in [-0.2, -0.15) is 4.31 Å². The lowest BCUT2D eigenvalue weighted by Gasteiger charge is -2.26. The van der Waals surface area contributed by atoms with E-state index in [1.807, 2.05) is 37.2 Å². The normalized spacial score (nSPS) is 15.0. The van der Waals surface area contributed by atoms with Crippen LogP contribution in [0.25, 0.3) is 0 Å². The van der Waals surface area contributed by atoms with Gasteiger partial charge in [0, 0.05) is 27.2 Å². The smallest absolute Gasteiger partial charge is 0.262 e. The lowest BCUT2D eigenvalue weighted by molar-refractivity contribution is -0.118. The molecule has 1 saturated heterocycles. The summed E-state index contributed by atoms with van der Waals surface area (Å²) in [4.78, 5) is 14.4. The first-order chi connectivity index (χ1) is 13.9. The zero-order valence-corrected chi connectivity index (χ0v) is 17.6. The molecule has 1 aliphatic rings. The minimum absolute atomic E-state index is 0.167. The number of hydrogen-bond acceptors (Lipinski definition) is 5. The number of amides is 1. The van der Waals surface area contributed by atoms with E-state index in [9.17, 15) is 13.2 Å². The van der Waals surface area contributed by atoms with E-state index in [-0.39, 0.29) is 17.4 Å². The van der Waals surface area contributed by atoms with Gasteiger partial charge in [0.05, 0.1) is 16.3 Å². The van der Waals surface area contributed by atoms with Crippen molar-refractivity contribution in [3.8, 4) is 5.75 Å². The summed E-state index contributed by atoms with van der Waals surface area (Å²) in [7, 11) is 0.0893. The highest BCUT2D eigenvalue weighted by Crippen LogP contribution is 2.30. The molecule has 2 aromatic rings. The SMILES string of the molecule is CN(C)c1ccc(S(=O)(=O)N2CCCCC2)cc1NC(=O)COc1ccccc1. The molecule has 0 saturated carbocycles. The molecule has 2 aromatic carbocycles. The van der Waals surface area contributed by atoms with Crippen molar-refractivity contribution in [1.29, 1.82) is 0 Å². The van der Waals surface area contributed by atoms with Crippen LogP contribution in [0.2, 0.25) is 0 Å². The molecular formula is C21H27N3O4S. The zero-order chi connectivity index (χ0) is 20.9. The number of benzene rings is 2. The average molecular weight is 418 g/mol. The molecule has 1 N–H and O–H groups in total. The van der Waals surface area contributed by atoms with Crippen molar-refractivity contribution in [2.45, 2.75) is 24.2 Å². The molecule has 1 heterocycles. The van der Waals surface area contributed by atoms with Gasteiger partial charge in [0.15, 0.2) is 6.61 Å². The highest BCUT2D eigenvalue weighted by atomic mass is 32.2. The first kappa shape index (κ1) is 21.1. The first-order valence-corrected chi connectivity index (χ1v) is 11.1. The molecular weight excluding hydrogens is 390 g/mol. The van der Waals surface area contributed by atoms with Crippen LogP contribution in [0.4, 0.5) is 11.4 Å². The largest absolute Gasteiger partial charge is 0.484 e. The third-order valence-corrected chi connectivity index (χ3v) is 6.68. The molecule has 29 heavy (non-hydrogen) atoms. The molecule has 0 aromatic heterocycles. The quantitative estimate of drug-likeness (QED) is 0.749. The van der Waals surface area contributed by atoms with Gasteiger partial charge in [-0.15, -0.1) is 0 Å². The fourth-order valence-corrected chi connectivity index (χ4v) is 4.82. The second-order valence-electron chi connectivity index (χ2n) is 7.19. The van der Waals surface area contributed by atoms with Gasteiger partial charge in [-0.05, 0) is 43.2 Å². The number of nitrogens with one attached hydrogen (secondary N) is 1. The third-order valence-electron chi connectivity index (χ3n) is 4.79. The van der Waals surface area contributed by atoms with Crippen LogP contribution in [0.5, 0.6) is 5.75 Å². The molecule has 7 nitrogen and oxygen atoms in total. The lowest BCUT2D eigenvalue weighted by Crippen LogP contribution is -2.35. The highest BCUT2D eigenvalue weighted by molar-refractivity contribution is 7.89. The van der Waals surface area contributed by atoms with Crippen LogP contribution in [0.3, 0.4) is 0 Å². The van der Waals surface area contributed by atoms with Crippen LogP contribution >= 0.6 is 0 Å². The Hall–Kier alpha value is -2.58. The highest BCUT2D eigenvalue weighted by Gasteiger charge is 2.27. The molecule has 1 fully saturated rings. The van der Waals surface area contributed by atoms with Gasteiger partial charge in [0.2, 0.25) is 10.0 Å². The topological polar surface area (TPSA) is 79.0 Å². The maximum Gasteiger partial charge on any atom is 0.262 e. The van der Waals surface area contributed by atoms with Gasteiger partial charge in [-0.25, -0.2) is 8.42 Å². The van der Waals surface area contributed by atoms with Gasteiger partial charge >= 0.3 is 0 Å². The summed E-state index contributed by atoms with van der Waals surface area (Å²) in [6.45, 7) is 0.898. The van der Waals surface area contributed by atoms with Crippen molar-refractivity contribution >= 4 is 27.3 Å². The number of anilines is 2. The summed E-state index contributed by atoms with van der Waals surface area (Å²) in [5, 5.41) is 2.79. The number of carbonyl (C=O) groups is 1. The van der Waals surface area contributed by atoms with Crippen LogP contribution in [0.15, 0.2) is 53.4 Å². The molecule has 3 rings (SSSR count). The van der Waals surface area contributed by atoms with Crippen LogP contribution in [-0.4, -0.2) is 52.4 Å². The van der Waals surface area contributed by atoms with Gasteiger partial charge in [0.25, 0.3) is 5.91 Å². The third kappa shape index (κ3) is 5.27. The van der Waals surface area contributed by atoms with Gasteiger partial charge in [-0.1, -0.05) is 24.6 Å². The Morgan fingerprint density at radius 1 is 1.07 bits per heavy atom. The molecule has 1 aliphatic heterocycles. The Bertz CT molecular complexity index is 940. The number of sulfonamides is 1. The number of para-hydroxylation sites is 1. The maximum absolute atomic E-state index is 13.0. The van der Waals surface area contributed by atoms with Crippen molar-refractivity contribution in [1.82, 2.24) is 4.31 Å². The summed E-state index contributed by atoms with van der Waals surface area (Å²) in [5.41, 5.74) is 1.16. The number of rotatable bonds is 7. The predicted octanol–water partition coefficient (Wildman–Crippen LogP) is 2.94. The molecule has 8 heteroatoms. The molecule has 0 aliphatic carbocycles. The van der Waals surface area contributed by atoms with E-state index in [1.54, 1.807) is 24.3 Å². The summed E-state index contributed by atoms with van der Waals surface area (Å²) in [5.74, 6) is 0.237. The van der Waals surface area contributed by atoms with E-state index in [0.717, 1.165) is 24.9 Å². The number of piperidine rings is 1. The Kier molecular flexibility index (Phi) is 6.76. The minimum atomic E-state index is -3.59.